The van der Waals surface area contributed by atoms with E-state index in [1.54, 1.807) is 6.07 Å². The number of ether oxygens (including phenoxy) is 1. The van der Waals surface area contributed by atoms with Crippen molar-refractivity contribution in [2.75, 3.05) is 0 Å². The van der Waals surface area contributed by atoms with Gasteiger partial charge in [0.15, 0.2) is 0 Å². The molecule has 0 saturated carbocycles. The molecule has 82 valence electrons. The van der Waals surface area contributed by atoms with E-state index >= 15 is 0 Å². The molecule has 2 rings (SSSR count). The maximum Gasteiger partial charge on any atom is 0.134 e. The fourth-order valence-electron chi connectivity index (χ4n) is 1.19. The van der Waals surface area contributed by atoms with E-state index in [4.69, 9.17) is 16.3 Å². The summed E-state index contributed by atoms with van der Waals surface area (Å²) in [7, 11) is 0. The molecule has 0 aromatic heterocycles. The number of hydrogen-bond acceptors (Lipinski definition) is 2. The van der Waals surface area contributed by atoms with Gasteiger partial charge in [-0.1, -0.05) is 11.6 Å². The monoisotopic (exact) mass is 238 g/mol. The van der Waals surface area contributed by atoms with E-state index in [-0.39, 0.29) is 16.6 Å². The lowest BCUT2D eigenvalue weighted by Gasteiger charge is -2.06. The number of hydrogen-bond donors (Lipinski definition) is 1. The molecule has 0 fully saturated rings. The second kappa shape index (κ2) is 4.41. The largest absolute Gasteiger partial charge is 0.506 e. The summed E-state index contributed by atoms with van der Waals surface area (Å²) < 4.78 is 18.0. The first-order valence-corrected chi connectivity index (χ1v) is 4.95. The fraction of sp³-hybridized carbons (Fsp3) is 0. The summed E-state index contributed by atoms with van der Waals surface area (Å²) in [6, 6.07) is 10.1. The Morgan fingerprint density at radius 3 is 2.25 bits per heavy atom. The van der Waals surface area contributed by atoms with Crippen molar-refractivity contribution < 1.29 is 14.2 Å². The van der Waals surface area contributed by atoms with Crippen LogP contribution in [0.5, 0.6) is 17.2 Å². The molecule has 0 radical (unpaired) electrons. The van der Waals surface area contributed by atoms with Crippen molar-refractivity contribution in [3.05, 3.63) is 53.3 Å². The minimum atomic E-state index is -0.323. The van der Waals surface area contributed by atoms with Crippen LogP contribution >= 0.6 is 11.6 Å². The Morgan fingerprint density at radius 1 is 1.00 bits per heavy atom. The highest BCUT2D eigenvalue weighted by Crippen LogP contribution is 2.30. The van der Waals surface area contributed by atoms with Crippen molar-refractivity contribution in [1.29, 1.82) is 0 Å². The fourth-order valence-corrected chi connectivity index (χ4v) is 1.36. The van der Waals surface area contributed by atoms with Crippen molar-refractivity contribution in [3.63, 3.8) is 0 Å². The zero-order valence-corrected chi connectivity index (χ0v) is 8.91. The normalized spacial score (nSPS) is 10.1. The van der Waals surface area contributed by atoms with Gasteiger partial charge in [0.2, 0.25) is 0 Å². The van der Waals surface area contributed by atoms with Crippen LogP contribution in [0.25, 0.3) is 0 Å². The minimum absolute atomic E-state index is 0.00637. The van der Waals surface area contributed by atoms with Crippen LogP contribution in [0.15, 0.2) is 42.5 Å². The van der Waals surface area contributed by atoms with Gasteiger partial charge >= 0.3 is 0 Å². The molecule has 1 N–H and O–H groups in total. The van der Waals surface area contributed by atoms with Gasteiger partial charge < -0.3 is 9.84 Å². The van der Waals surface area contributed by atoms with Gasteiger partial charge in [-0.15, -0.1) is 0 Å². The zero-order valence-electron chi connectivity index (χ0n) is 8.15. The number of phenols is 1. The smallest absolute Gasteiger partial charge is 0.134 e. The Labute approximate surface area is 96.9 Å². The summed E-state index contributed by atoms with van der Waals surface area (Å²) >= 11 is 5.72. The molecular formula is C12H8ClFO2. The van der Waals surface area contributed by atoms with E-state index in [1.807, 2.05) is 0 Å². The van der Waals surface area contributed by atoms with Gasteiger partial charge in [-0.3, -0.25) is 0 Å². The summed E-state index contributed by atoms with van der Waals surface area (Å²) in [5.74, 6) is 0.654. The predicted octanol–water partition coefficient (Wildman–Crippen LogP) is 3.98. The third-order valence-electron chi connectivity index (χ3n) is 1.97. The van der Waals surface area contributed by atoms with E-state index in [9.17, 15) is 9.50 Å². The van der Waals surface area contributed by atoms with Gasteiger partial charge in [0, 0.05) is 6.07 Å². The van der Waals surface area contributed by atoms with Crippen LogP contribution in [0.1, 0.15) is 0 Å². The number of phenolic OH excluding ortho intramolecular Hbond substituents is 1. The highest BCUT2D eigenvalue weighted by Gasteiger charge is 2.02. The Morgan fingerprint density at radius 2 is 1.62 bits per heavy atom. The number of halogens is 2. The van der Waals surface area contributed by atoms with E-state index in [0.29, 0.717) is 11.5 Å². The molecule has 2 aromatic carbocycles. The second-order valence-corrected chi connectivity index (χ2v) is 3.58. The van der Waals surface area contributed by atoms with Gasteiger partial charge in [0.1, 0.15) is 23.1 Å². The molecule has 4 heteroatoms. The lowest BCUT2D eigenvalue weighted by molar-refractivity contribution is 0.464. The standard InChI is InChI=1S/C12H8ClFO2/c13-11-7-10(5-6-12(11)15)16-9-3-1-8(14)2-4-9/h1-7,15H. The average molecular weight is 239 g/mol. The van der Waals surface area contributed by atoms with Crippen molar-refractivity contribution in [1.82, 2.24) is 0 Å². The molecule has 0 atom stereocenters. The predicted molar refractivity (Wildman–Crippen MR) is 59.6 cm³/mol. The Balaban J connectivity index is 2.20. The summed E-state index contributed by atoms with van der Waals surface area (Å²) in [4.78, 5) is 0. The SMILES string of the molecule is Oc1ccc(Oc2ccc(F)cc2)cc1Cl. The number of rotatable bonds is 2. The molecule has 16 heavy (non-hydrogen) atoms. The van der Waals surface area contributed by atoms with Crippen molar-refractivity contribution >= 4 is 11.6 Å². The van der Waals surface area contributed by atoms with Gasteiger partial charge in [0.25, 0.3) is 0 Å². The molecule has 0 spiro atoms. The number of benzene rings is 2. The lowest BCUT2D eigenvalue weighted by atomic mass is 10.3. The van der Waals surface area contributed by atoms with E-state index in [2.05, 4.69) is 0 Å². The van der Waals surface area contributed by atoms with Crippen LogP contribution < -0.4 is 4.74 Å². The quantitative estimate of drug-likeness (QED) is 0.858. The second-order valence-electron chi connectivity index (χ2n) is 3.17. The van der Waals surface area contributed by atoms with E-state index in [0.717, 1.165) is 0 Å². The molecule has 0 bridgehead atoms. The third-order valence-corrected chi connectivity index (χ3v) is 2.27. The summed E-state index contributed by atoms with van der Waals surface area (Å²) in [5.41, 5.74) is 0. The minimum Gasteiger partial charge on any atom is -0.506 e. The van der Waals surface area contributed by atoms with Crippen molar-refractivity contribution in [2.45, 2.75) is 0 Å². The first-order chi connectivity index (χ1) is 7.65. The highest BCUT2D eigenvalue weighted by atomic mass is 35.5. The summed E-state index contributed by atoms with van der Waals surface area (Å²) in [5, 5.41) is 9.42. The first kappa shape index (κ1) is 10.8. The van der Waals surface area contributed by atoms with Crippen LogP contribution in [-0.2, 0) is 0 Å². The summed E-state index contributed by atoms with van der Waals surface area (Å²) in [6.07, 6.45) is 0. The first-order valence-electron chi connectivity index (χ1n) is 4.57. The van der Waals surface area contributed by atoms with Gasteiger partial charge in [-0.05, 0) is 36.4 Å². The topological polar surface area (TPSA) is 29.5 Å². The van der Waals surface area contributed by atoms with E-state index < -0.39 is 0 Å². The molecule has 0 aliphatic carbocycles. The maximum absolute atomic E-state index is 12.6. The summed E-state index contributed by atoms with van der Waals surface area (Å²) in [6.45, 7) is 0. The Bertz CT molecular complexity index is 497. The van der Waals surface area contributed by atoms with Gasteiger partial charge in [-0.2, -0.15) is 0 Å². The van der Waals surface area contributed by atoms with Crippen LogP contribution in [-0.4, -0.2) is 5.11 Å². The maximum atomic E-state index is 12.6. The number of aromatic hydroxyl groups is 1. The third kappa shape index (κ3) is 2.44. The Kier molecular flexibility index (Phi) is 2.97. The molecule has 0 amide bonds. The van der Waals surface area contributed by atoms with Crippen LogP contribution in [0, 0.1) is 5.82 Å². The van der Waals surface area contributed by atoms with Gasteiger partial charge in [-0.25, -0.2) is 4.39 Å². The lowest BCUT2D eigenvalue weighted by Crippen LogP contribution is -1.84. The molecule has 2 aromatic rings. The molecule has 0 aliphatic heterocycles. The molecule has 0 heterocycles. The highest BCUT2D eigenvalue weighted by molar-refractivity contribution is 6.32. The van der Waals surface area contributed by atoms with Crippen LogP contribution in [0.3, 0.4) is 0 Å². The average Bonchev–Trinajstić information content (AvgIpc) is 2.27. The zero-order chi connectivity index (χ0) is 11.5. The molecule has 0 saturated heterocycles. The van der Waals surface area contributed by atoms with Crippen molar-refractivity contribution in [3.8, 4) is 17.2 Å². The molecule has 2 nitrogen and oxygen atoms in total. The van der Waals surface area contributed by atoms with Crippen LogP contribution in [0.4, 0.5) is 4.39 Å². The van der Waals surface area contributed by atoms with Gasteiger partial charge in [0.05, 0.1) is 5.02 Å². The van der Waals surface area contributed by atoms with Crippen molar-refractivity contribution in [2.24, 2.45) is 0 Å². The molecular weight excluding hydrogens is 231 g/mol. The Hall–Kier alpha value is -1.74. The van der Waals surface area contributed by atoms with Crippen LogP contribution in [0.2, 0.25) is 5.02 Å². The molecule has 0 aliphatic rings. The van der Waals surface area contributed by atoms with E-state index in [1.165, 1.54) is 36.4 Å². The molecule has 0 unspecified atom stereocenters.